The Morgan fingerprint density at radius 1 is 1.17 bits per heavy atom. The summed E-state index contributed by atoms with van der Waals surface area (Å²) < 4.78 is 5.94. The van der Waals surface area contributed by atoms with Crippen LogP contribution >= 0.6 is 15.9 Å². The number of rotatable bonds is 6. The maximum absolute atomic E-state index is 12.1. The Balaban J connectivity index is 1.99. The second-order valence-electron chi connectivity index (χ2n) is 5.13. The van der Waals surface area contributed by atoms with Gasteiger partial charge in [0.2, 0.25) is 5.91 Å². The van der Waals surface area contributed by atoms with E-state index in [0.29, 0.717) is 23.5 Å². The van der Waals surface area contributed by atoms with Gasteiger partial charge in [0, 0.05) is 15.8 Å². The summed E-state index contributed by atoms with van der Waals surface area (Å²) in [6.45, 7) is 4.07. The van der Waals surface area contributed by atoms with E-state index in [2.05, 4.69) is 26.6 Å². The van der Waals surface area contributed by atoms with Gasteiger partial charge >= 0.3 is 5.97 Å². The first-order valence-corrected chi connectivity index (χ1v) is 8.36. The molecule has 0 saturated carbocycles. The Morgan fingerprint density at radius 2 is 1.92 bits per heavy atom. The number of para-hydroxylation sites is 1. The second kappa shape index (κ2) is 8.49. The first-order valence-electron chi connectivity index (χ1n) is 7.57. The fourth-order valence-electron chi connectivity index (χ4n) is 2.08. The van der Waals surface area contributed by atoms with Gasteiger partial charge in [-0.2, -0.15) is 0 Å². The van der Waals surface area contributed by atoms with E-state index in [0.717, 1.165) is 10.0 Å². The van der Waals surface area contributed by atoms with E-state index in [1.54, 1.807) is 31.2 Å². The molecule has 0 aromatic heterocycles. The number of carbonyl (C=O) groups excluding carboxylic acids is 2. The quantitative estimate of drug-likeness (QED) is 0.731. The molecule has 0 aliphatic carbocycles. The molecule has 2 rings (SSSR count). The summed E-state index contributed by atoms with van der Waals surface area (Å²) in [6, 6.07) is 12.5. The fraction of sp³-hybridized carbons (Fsp3) is 0.222. The van der Waals surface area contributed by atoms with Crippen molar-refractivity contribution in [3.63, 3.8) is 0 Å². The number of carbonyl (C=O) groups is 2. The lowest BCUT2D eigenvalue weighted by molar-refractivity contribution is -0.114. The maximum Gasteiger partial charge on any atom is 0.340 e. The number of anilines is 2. The molecule has 0 aliphatic rings. The third-order valence-electron chi connectivity index (χ3n) is 3.32. The minimum Gasteiger partial charge on any atom is -0.462 e. The number of aryl methyl sites for hydroxylation is 1. The highest BCUT2D eigenvalue weighted by Crippen LogP contribution is 2.21. The van der Waals surface area contributed by atoms with E-state index in [4.69, 9.17) is 4.74 Å². The molecule has 24 heavy (non-hydrogen) atoms. The van der Waals surface area contributed by atoms with E-state index in [-0.39, 0.29) is 12.5 Å². The summed E-state index contributed by atoms with van der Waals surface area (Å²) in [7, 11) is 0. The molecule has 5 nitrogen and oxygen atoms in total. The van der Waals surface area contributed by atoms with Crippen molar-refractivity contribution in [2.75, 3.05) is 23.8 Å². The molecule has 0 fully saturated rings. The molecule has 2 N–H and O–H groups in total. The van der Waals surface area contributed by atoms with Crippen LogP contribution in [0.2, 0.25) is 0 Å². The summed E-state index contributed by atoms with van der Waals surface area (Å²) in [4.78, 5) is 24.0. The van der Waals surface area contributed by atoms with E-state index < -0.39 is 5.97 Å². The Morgan fingerprint density at radius 3 is 2.62 bits per heavy atom. The van der Waals surface area contributed by atoms with Crippen molar-refractivity contribution in [3.05, 3.63) is 58.1 Å². The number of esters is 1. The zero-order chi connectivity index (χ0) is 17.5. The lowest BCUT2D eigenvalue weighted by atomic mass is 10.2. The van der Waals surface area contributed by atoms with E-state index in [1.807, 2.05) is 25.1 Å². The molecule has 0 radical (unpaired) electrons. The van der Waals surface area contributed by atoms with Crippen LogP contribution in [-0.2, 0) is 9.53 Å². The van der Waals surface area contributed by atoms with Gasteiger partial charge in [0.1, 0.15) is 0 Å². The van der Waals surface area contributed by atoms with Gasteiger partial charge in [-0.1, -0.05) is 34.1 Å². The van der Waals surface area contributed by atoms with Crippen molar-refractivity contribution in [3.8, 4) is 0 Å². The minimum atomic E-state index is -0.413. The molecule has 0 saturated heterocycles. The van der Waals surface area contributed by atoms with Crippen LogP contribution in [0.1, 0.15) is 22.8 Å². The topological polar surface area (TPSA) is 67.4 Å². The van der Waals surface area contributed by atoms with Gasteiger partial charge in [-0.15, -0.1) is 0 Å². The van der Waals surface area contributed by atoms with Gasteiger partial charge in [-0.3, -0.25) is 4.79 Å². The van der Waals surface area contributed by atoms with Crippen molar-refractivity contribution in [1.82, 2.24) is 0 Å². The Hall–Kier alpha value is -2.34. The summed E-state index contributed by atoms with van der Waals surface area (Å²) in [5.41, 5.74) is 2.77. The SMILES string of the molecule is CCOC(=O)c1ccccc1NCC(=O)Nc1ccc(C)c(Br)c1. The average Bonchev–Trinajstić information content (AvgIpc) is 2.57. The Labute approximate surface area is 149 Å². The van der Waals surface area contributed by atoms with Gasteiger partial charge in [-0.05, 0) is 43.7 Å². The van der Waals surface area contributed by atoms with Gasteiger partial charge in [0.25, 0.3) is 0 Å². The number of halogens is 1. The Bertz CT molecular complexity index is 747. The number of amides is 1. The van der Waals surface area contributed by atoms with Gasteiger partial charge in [0.15, 0.2) is 0 Å². The average molecular weight is 391 g/mol. The maximum atomic E-state index is 12.1. The van der Waals surface area contributed by atoms with Crippen LogP contribution in [0.4, 0.5) is 11.4 Å². The number of benzene rings is 2. The lowest BCUT2D eigenvalue weighted by Crippen LogP contribution is -2.22. The summed E-state index contributed by atoms with van der Waals surface area (Å²) in [5, 5.41) is 5.78. The molecule has 2 aromatic carbocycles. The van der Waals surface area contributed by atoms with Crippen LogP contribution in [-0.4, -0.2) is 25.0 Å². The van der Waals surface area contributed by atoms with Gasteiger partial charge < -0.3 is 15.4 Å². The minimum absolute atomic E-state index is 0.0436. The van der Waals surface area contributed by atoms with Crippen molar-refractivity contribution in [1.29, 1.82) is 0 Å². The molecule has 1 amide bonds. The van der Waals surface area contributed by atoms with Crippen LogP contribution in [0.3, 0.4) is 0 Å². The van der Waals surface area contributed by atoms with Crippen LogP contribution < -0.4 is 10.6 Å². The van der Waals surface area contributed by atoms with E-state index in [9.17, 15) is 9.59 Å². The van der Waals surface area contributed by atoms with Gasteiger partial charge in [-0.25, -0.2) is 4.79 Å². The molecule has 0 bridgehead atoms. The first-order chi connectivity index (χ1) is 11.5. The molecule has 126 valence electrons. The standard InChI is InChI=1S/C18H19BrN2O3/c1-3-24-18(23)14-6-4-5-7-16(14)20-11-17(22)21-13-9-8-12(2)15(19)10-13/h4-10,20H,3,11H2,1-2H3,(H,21,22). The molecule has 6 heteroatoms. The number of hydrogen-bond donors (Lipinski definition) is 2. The first kappa shape index (κ1) is 18.0. The molecule has 0 heterocycles. The normalized spacial score (nSPS) is 10.1. The molecule has 0 aliphatic heterocycles. The predicted molar refractivity (Wildman–Crippen MR) is 98.4 cm³/mol. The molecule has 0 spiro atoms. The van der Waals surface area contributed by atoms with Crippen LogP contribution in [0.25, 0.3) is 0 Å². The fourth-order valence-corrected chi connectivity index (χ4v) is 2.45. The van der Waals surface area contributed by atoms with Crippen molar-refractivity contribution >= 4 is 39.2 Å². The largest absolute Gasteiger partial charge is 0.462 e. The van der Waals surface area contributed by atoms with E-state index in [1.165, 1.54) is 0 Å². The predicted octanol–water partition coefficient (Wildman–Crippen LogP) is 3.98. The number of hydrogen-bond acceptors (Lipinski definition) is 4. The van der Waals surface area contributed by atoms with Crippen molar-refractivity contribution in [2.45, 2.75) is 13.8 Å². The number of ether oxygens (including phenoxy) is 1. The van der Waals surface area contributed by atoms with Gasteiger partial charge in [0.05, 0.1) is 18.7 Å². The highest BCUT2D eigenvalue weighted by molar-refractivity contribution is 9.10. The monoisotopic (exact) mass is 390 g/mol. The molecular weight excluding hydrogens is 372 g/mol. The highest BCUT2D eigenvalue weighted by atomic mass is 79.9. The zero-order valence-electron chi connectivity index (χ0n) is 13.6. The zero-order valence-corrected chi connectivity index (χ0v) is 15.1. The summed E-state index contributed by atoms with van der Waals surface area (Å²) in [6.07, 6.45) is 0. The van der Waals surface area contributed by atoms with Crippen molar-refractivity contribution < 1.29 is 14.3 Å². The third kappa shape index (κ3) is 4.83. The third-order valence-corrected chi connectivity index (χ3v) is 4.17. The second-order valence-corrected chi connectivity index (χ2v) is 5.99. The van der Waals surface area contributed by atoms with Crippen LogP contribution in [0.15, 0.2) is 46.9 Å². The van der Waals surface area contributed by atoms with E-state index >= 15 is 0 Å². The Kier molecular flexibility index (Phi) is 6.37. The molecular formula is C18H19BrN2O3. The molecule has 0 unspecified atom stereocenters. The number of nitrogens with one attached hydrogen (secondary N) is 2. The smallest absolute Gasteiger partial charge is 0.340 e. The van der Waals surface area contributed by atoms with Crippen LogP contribution in [0, 0.1) is 6.92 Å². The summed E-state index contributed by atoms with van der Waals surface area (Å²) >= 11 is 3.43. The lowest BCUT2D eigenvalue weighted by Gasteiger charge is -2.12. The van der Waals surface area contributed by atoms with Crippen LogP contribution in [0.5, 0.6) is 0 Å². The highest BCUT2D eigenvalue weighted by Gasteiger charge is 2.12. The van der Waals surface area contributed by atoms with Crippen molar-refractivity contribution in [2.24, 2.45) is 0 Å². The summed E-state index contributed by atoms with van der Waals surface area (Å²) in [5.74, 6) is -0.618. The molecule has 2 aromatic rings. The molecule has 0 atom stereocenters.